The number of unbranched alkanes of at least 4 members (excludes halogenated alkanes) is 41. The summed E-state index contributed by atoms with van der Waals surface area (Å²) in [6, 6.07) is 0. The van der Waals surface area contributed by atoms with Crippen LogP contribution in [-0.2, 0) is 65.4 Å². The molecule has 0 saturated carbocycles. The number of esters is 4. The summed E-state index contributed by atoms with van der Waals surface area (Å²) in [5.41, 5.74) is 0. The molecule has 3 N–H and O–H groups in total. The highest BCUT2D eigenvalue weighted by molar-refractivity contribution is 7.47. The van der Waals surface area contributed by atoms with Crippen molar-refractivity contribution in [2.24, 2.45) is 23.7 Å². The summed E-state index contributed by atoms with van der Waals surface area (Å²) in [7, 11) is -9.92. The van der Waals surface area contributed by atoms with E-state index in [0.29, 0.717) is 31.6 Å². The maximum absolute atomic E-state index is 13.1. The Morgan fingerprint density at radius 2 is 0.485 bits per heavy atom. The second-order valence-electron chi connectivity index (χ2n) is 30.2. The minimum Gasteiger partial charge on any atom is -0.462 e. The Morgan fingerprint density at radius 1 is 0.283 bits per heavy atom. The molecule has 0 aliphatic carbocycles. The van der Waals surface area contributed by atoms with Crippen molar-refractivity contribution in [1.29, 1.82) is 0 Å². The molecule has 4 unspecified atom stereocenters. The molecule has 0 aromatic carbocycles. The van der Waals surface area contributed by atoms with Gasteiger partial charge in [-0.2, -0.15) is 0 Å². The number of ether oxygens (including phenoxy) is 4. The Hall–Kier alpha value is -1.94. The number of phosphoric acid groups is 2. The molecule has 0 aromatic rings. The van der Waals surface area contributed by atoms with Crippen LogP contribution in [0.2, 0.25) is 0 Å². The molecule has 0 rings (SSSR count). The van der Waals surface area contributed by atoms with Crippen molar-refractivity contribution in [2.75, 3.05) is 39.6 Å². The Balaban J connectivity index is 5.17. The van der Waals surface area contributed by atoms with Gasteiger partial charge in [0.1, 0.15) is 19.3 Å². The molecular formula is C80H156O17P2. The number of carbonyl (C=O) groups is 4. The smallest absolute Gasteiger partial charge is 0.462 e. The molecule has 0 radical (unpaired) electrons. The standard InChI is InChI=1S/C80H156O17P2/c1-9-72(7)58-50-42-34-28-24-20-17-18-22-26-30-36-47-55-63-80(85)97-76(67-91-78(83)61-53-45-39-38-43-51-59-73(8)10-2)69-95-99(88,89)93-65-74(81)64-92-98(86,87)94-68-75(66-90-77(82)60-52-44-37-31-33-41-49-57-71(5)6)96-79(84)62-54-46-35-29-25-21-16-14-12-11-13-15-19-23-27-32-40-48-56-70(3)4/h70-76,81H,9-69H2,1-8H3,(H,86,87)(H,88,89)/t72?,73?,74-,75-,76-/m1/s1. The van der Waals surface area contributed by atoms with E-state index in [2.05, 4.69) is 55.4 Å². The SMILES string of the molecule is CCC(C)CCCCCCCCCCCCCCCCC(=O)O[C@H](COC(=O)CCCCCCCCC(C)CC)COP(=O)(O)OC[C@H](O)COP(=O)(O)OC[C@@H](COC(=O)CCCCCCCCCC(C)C)OC(=O)CCCCCCCCCCCCCCCCCCCCC(C)C. The van der Waals surface area contributed by atoms with Crippen LogP contribution < -0.4 is 0 Å². The van der Waals surface area contributed by atoms with Gasteiger partial charge < -0.3 is 33.8 Å². The Morgan fingerprint density at radius 3 is 0.717 bits per heavy atom. The highest BCUT2D eigenvalue weighted by Gasteiger charge is 2.30. The second kappa shape index (κ2) is 69.1. The van der Waals surface area contributed by atoms with Crippen LogP contribution in [0.5, 0.6) is 0 Å². The van der Waals surface area contributed by atoms with Crippen LogP contribution in [0.4, 0.5) is 0 Å². The van der Waals surface area contributed by atoms with Crippen LogP contribution in [0.3, 0.4) is 0 Å². The monoisotopic (exact) mass is 1450 g/mol. The van der Waals surface area contributed by atoms with Crippen molar-refractivity contribution in [2.45, 2.75) is 427 Å². The molecular weight excluding hydrogens is 1290 g/mol. The lowest BCUT2D eigenvalue weighted by molar-refractivity contribution is -0.161. The number of rotatable bonds is 77. The van der Waals surface area contributed by atoms with E-state index < -0.39 is 97.5 Å². The predicted octanol–water partition coefficient (Wildman–Crippen LogP) is 23.6. The first-order valence-corrected chi connectivity index (χ1v) is 44.3. The van der Waals surface area contributed by atoms with Gasteiger partial charge in [-0.3, -0.25) is 37.3 Å². The highest BCUT2D eigenvalue weighted by Crippen LogP contribution is 2.45. The molecule has 99 heavy (non-hydrogen) atoms. The van der Waals surface area contributed by atoms with Gasteiger partial charge in [0.25, 0.3) is 0 Å². The Kier molecular flexibility index (Phi) is 67.8. The van der Waals surface area contributed by atoms with Crippen molar-refractivity contribution in [3.8, 4) is 0 Å². The van der Waals surface area contributed by atoms with Gasteiger partial charge in [-0.25, -0.2) is 9.13 Å². The summed E-state index contributed by atoms with van der Waals surface area (Å²) in [5.74, 6) is 0.983. The topological polar surface area (TPSA) is 237 Å². The minimum absolute atomic E-state index is 0.106. The van der Waals surface area contributed by atoms with Gasteiger partial charge in [-0.15, -0.1) is 0 Å². The summed E-state index contributed by atoms with van der Waals surface area (Å²) in [6.45, 7) is 14.2. The molecule has 588 valence electrons. The molecule has 0 amide bonds. The molecule has 0 saturated heterocycles. The van der Waals surface area contributed by atoms with Crippen LogP contribution in [0.1, 0.15) is 409 Å². The molecule has 0 bridgehead atoms. The van der Waals surface area contributed by atoms with Crippen molar-refractivity contribution in [3.05, 3.63) is 0 Å². The average molecular weight is 1450 g/mol. The zero-order valence-electron chi connectivity index (χ0n) is 65.1. The number of aliphatic hydroxyl groups excluding tert-OH is 1. The summed E-state index contributed by atoms with van der Waals surface area (Å²) in [6.07, 6.45) is 55.7. The molecule has 0 spiro atoms. The van der Waals surface area contributed by atoms with E-state index in [9.17, 15) is 43.2 Å². The summed E-state index contributed by atoms with van der Waals surface area (Å²) < 4.78 is 68.6. The predicted molar refractivity (Wildman–Crippen MR) is 404 cm³/mol. The van der Waals surface area contributed by atoms with E-state index in [1.807, 2.05) is 0 Å². The molecule has 0 aliphatic rings. The fraction of sp³-hybridized carbons (Fsp3) is 0.950. The van der Waals surface area contributed by atoms with Gasteiger partial charge in [0, 0.05) is 25.7 Å². The largest absolute Gasteiger partial charge is 0.472 e. The highest BCUT2D eigenvalue weighted by atomic mass is 31.2. The lowest BCUT2D eigenvalue weighted by atomic mass is 9.99. The average Bonchev–Trinajstić information content (AvgIpc) is 1.08. The first-order chi connectivity index (χ1) is 47.7. The van der Waals surface area contributed by atoms with Crippen LogP contribution in [-0.4, -0.2) is 96.7 Å². The number of hydrogen-bond acceptors (Lipinski definition) is 15. The van der Waals surface area contributed by atoms with Gasteiger partial charge in [0.05, 0.1) is 26.4 Å². The van der Waals surface area contributed by atoms with Gasteiger partial charge in [-0.1, -0.05) is 357 Å². The Labute approximate surface area is 607 Å². The van der Waals surface area contributed by atoms with E-state index in [4.69, 9.17) is 37.0 Å². The van der Waals surface area contributed by atoms with Gasteiger partial charge >= 0.3 is 39.5 Å². The van der Waals surface area contributed by atoms with Gasteiger partial charge in [0.2, 0.25) is 0 Å². The molecule has 17 nitrogen and oxygen atoms in total. The van der Waals surface area contributed by atoms with Crippen molar-refractivity contribution in [1.82, 2.24) is 0 Å². The lowest BCUT2D eigenvalue weighted by Gasteiger charge is -2.21. The second-order valence-corrected chi connectivity index (χ2v) is 33.1. The maximum atomic E-state index is 13.1. The third-order valence-corrected chi connectivity index (χ3v) is 21.2. The van der Waals surface area contributed by atoms with Crippen molar-refractivity contribution >= 4 is 39.5 Å². The first-order valence-electron chi connectivity index (χ1n) is 41.3. The zero-order valence-corrected chi connectivity index (χ0v) is 66.9. The van der Waals surface area contributed by atoms with E-state index in [0.717, 1.165) is 120 Å². The molecule has 0 heterocycles. The van der Waals surface area contributed by atoms with Gasteiger partial charge in [0.15, 0.2) is 12.2 Å². The Bertz CT molecular complexity index is 1940. The molecule has 0 aromatic heterocycles. The first kappa shape index (κ1) is 97.1. The zero-order chi connectivity index (χ0) is 73.1. The quantitative estimate of drug-likeness (QED) is 0.0222. The van der Waals surface area contributed by atoms with Crippen molar-refractivity contribution in [3.63, 3.8) is 0 Å². The summed E-state index contributed by atoms with van der Waals surface area (Å²) >= 11 is 0. The van der Waals surface area contributed by atoms with E-state index >= 15 is 0 Å². The molecule has 0 fully saturated rings. The van der Waals surface area contributed by atoms with E-state index in [-0.39, 0.29) is 25.7 Å². The van der Waals surface area contributed by atoms with Crippen molar-refractivity contribution < 1.29 is 80.2 Å². The normalized spacial score (nSPS) is 14.6. The van der Waals surface area contributed by atoms with Crippen LogP contribution in [0.15, 0.2) is 0 Å². The number of carbonyl (C=O) groups excluding carboxylic acids is 4. The molecule has 7 atom stereocenters. The summed E-state index contributed by atoms with van der Waals surface area (Å²) in [4.78, 5) is 72.9. The van der Waals surface area contributed by atoms with Gasteiger partial charge in [-0.05, 0) is 49.4 Å². The van der Waals surface area contributed by atoms with Crippen LogP contribution in [0, 0.1) is 23.7 Å². The molecule has 19 heteroatoms. The van der Waals surface area contributed by atoms with Crippen LogP contribution in [0.25, 0.3) is 0 Å². The molecule has 0 aliphatic heterocycles. The van der Waals surface area contributed by atoms with E-state index in [1.165, 1.54) is 199 Å². The lowest BCUT2D eigenvalue weighted by Crippen LogP contribution is -2.30. The third kappa shape index (κ3) is 71.5. The van der Waals surface area contributed by atoms with E-state index in [1.54, 1.807) is 0 Å². The number of aliphatic hydroxyl groups is 1. The minimum atomic E-state index is -4.96. The number of phosphoric ester groups is 2. The fourth-order valence-electron chi connectivity index (χ4n) is 12.2. The third-order valence-electron chi connectivity index (χ3n) is 19.3. The summed E-state index contributed by atoms with van der Waals surface area (Å²) in [5, 5.41) is 10.6. The van der Waals surface area contributed by atoms with Crippen LogP contribution >= 0.6 is 15.6 Å². The number of hydrogen-bond donors (Lipinski definition) is 3. The maximum Gasteiger partial charge on any atom is 0.472 e. The fourth-order valence-corrected chi connectivity index (χ4v) is 13.8.